The van der Waals surface area contributed by atoms with Crippen LogP contribution in [0, 0.1) is 17.8 Å². The second-order valence-electron chi connectivity index (χ2n) is 6.68. The van der Waals surface area contributed by atoms with E-state index in [0.717, 1.165) is 17.8 Å². The van der Waals surface area contributed by atoms with Gasteiger partial charge in [-0.05, 0) is 68.9 Å². The monoisotopic (exact) mass is 257 g/mol. The van der Waals surface area contributed by atoms with Crippen molar-refractivity contribution >= 4 is 0 Å². The molecule has 1 aromatic carbocycles. The molecule has 3 rings (SSSR count). The van der Waals surface area contributed by atoms with Crippen molar-refractivity contribution in [3.8, 4) is 0 Å². The van der Waals surface area contributed by atoms with Crippen LogP contribution < -0.4 is 5.32 Å². The summed E-state index contributed by atoms with van der Waals surface area (Å²) in [5, 5.41) is 3.56. The van der Waals surface area contributed by atoms with E-state index in [-0.39, 0.29) is 0 Å². The molecule has 2 fully saturated rings. The lowest BCUT2D eigenvalue weighted by Crippen LogP contribution is -2.30. The molecule has 0 amide bonds. The Morgan fingerprint density at radius 2 is 2.00 bits per heavy atom. The molecule has 4 unspecified atom stereocenters. The zero-order chi connectivity index (χ0) is 13.1. The summed E-state index contributed by atoms with van der Waals surface area (Å²) in [5.41, 5.74) is 1.48. The Balaban J connectivity index is 1.48. The fraction of sp³-hybridized carbons (Fsp3) is 0.667. The molecule has 2 saturated carbocycles. The molecule has 2 aliphatic carbocycles. The van der Waals surface area contributed by atoms with Gasteiger partial charge in [-0.1, -0.05) is 36.8 Å². The van der Waals surface area contributed by atoms with Gasteiger partial charge in [0, 0.05) is 6.04 Å². The van der Waals surface area contributed by atoms with Crippen molar-refractivity contribution in [1.82, 2.24) is 5.32 Å². The lowest BCUT2D eigenvalue weighted by Gasteiger charge is -2.26. The van der Waals surface area contributed by atoms with Crippen LogP contribution in [-0.2, 0) is 6.42 Å². The number of hydrogen-bond acceptors (Lipinski definition) is 1. The van der Waals surface area contributed by atoms with Gasteiger partial charge in [0.15, 0.2) is 0 Å². The third-order valence-corrected chi connectivity index (χ3v) is 5.50. The van der Waals surface area contributed by atoms with E-state index in [1.807, 2.05) is 0 Å². The maximum atomic E-state index is 3.56. The van der Waals surface area contributed by atoms with Gasteiger partial charge in [0.1, 0.15) is 0 Å². The van der Waals surface area contributed by atoms with Crippen LogP contribution in [0.3, 0.4) is 0 Å². The number of aryl methyl sites for hydroxylation is 1. The third kappa shape index (κ3) is 3.20. The molecule has 0 saturated heterocycles. The van der Waals surface area contributed by atoms with E-state index < -0.39 is 0 Å². The standard InChI is InChI=1S/C18H27N/c1-19-18(10-8-14-5-3-2-4-6-14)13-17-12-15-7-9-16(17)11-15/h2-6,15-19H,7-13H2,1H3. The summed E-state index contributed by atoms with van der Waals surface area (Å²) in [6.45, 7) is 0. The molecule has 1 heteroatoms. The van der Waals surface area contributed by atoms with Crippen LogP contribution in [0.25, 0.3) is 0 Å². The van der Waals surface area contributed by atoms with Crippen LogP contribution in [0.4, 0.5) is 0 Å². The van der Waals surface area contributed by atoms with Crippen molar-refractivity contribution in [2.24, 2.45) is 17.8 Å². The molecule has 2 bridgehead atoms. The maximum absolute atomic E-state index is 3.56. The number of rotatable bonds is 6. The first-order valence-corrected chi connectivity index (χ1v) is 8.06. The van der Waals surface area contributed by atoms with Gasteiger partial charge in [0.2, 0.25) is 0 Å². The second-order valence-corrected chi connectivity index (χ2v) is 6.68. The van der Waals surface area contributed by atoms with E-state index in [1.54, 1.807) is 6.42 Å². The zero-order valence-electron chi connectivity index (χ0n) is 12.1. The summed E-state index contributed by atoms with van der Waals surface area (Å²) in [7, 11) is 2.14. The molecule has 1 N–H and O–H groups in total. The molecule has 104 valence electrons. The highest BCUT2D eigenvalue weighted by Gasteiger charge is 2.39. The van der Waals surface area contributed by atoms with E-state index >= 15 is 0 Å². The second kappa shape index (κ2) is 6.09. The van der Waals surface area contributed by atoms with Crippen LogP contribution in [-0.4, -0.2) is 13.1 Å². The first kappa shape index (κ1) is 13.2. The van der Waals surface area contributed by atoms with E-state index in [2.05, 4.69) is 42.7 Å². The summed E-state index contributed by atoms with van der Waals surface area (Å²) in [5.74, 6) is 3.17. The highest BCUT2D eigenvalue weighted by molar-refractivity contribution is 5.14. The topological polar surface area (TPSA) is 12.0 Å². The van der Waals surface area contributed by atoms with Crippen LogP contribution in [0.5, 0.6) is 0 Å². The normalized spacial score (nSPS) is 30.7. The predicted molar refractivity (Wildman–Crippen MR) is 81.2 cm³/mol. The summed E-state index contributed by atoms with van der Waals surface area (Å²) in [4.78, 5) is 0. The minimum absolute atomic E-state index is 0.713. The van der Waals surface area contributed by atoms with Crippen LogP contribution in [0.1, 0.15) is 44.1 Å². The molecule has 2 aliphatic rings. The third-order valence-electron chi connectivity index (χ3n) is 5.50. The molecule has 1 aromatic rings. The Hall–Kier alpha value is -0.820. The number of benzene rings is 1. The Kier molecular flexibility index (Phi) is 4.22. The van der Waals surface area contributed by atoms with Gasteiger partial charge < -0.3 is 5.32 Å². The molecule has 0 spiro atoms. The minimum atomic E-state index is 0.713. The van der Waals surface area contributed by atoms with Gasteiger partial charge in [-0.25, -0.2) is 0 Å². The van der Waals surface area contributed by atoms with Crippen molar-refractivity contribution in [3.63, 3.8) is 0 Å². The maximum Gasteiger partial charge on any atom is 0.00699 e. The fourth-order valence-electron chi connectivity index (χ4n) is 4.40. The average Bonchev–Trinajstić information content (AvgIpc) is 3.07. The average molecular weight is 257 g/mol. The SMILES string of the molecule is CNC(CCc1ccccc1)CC1CC2CCC1C2. The van der Waals surface area contributed by atoms with Gasteiger partial charge in [-0.3, -0.25) is 0 Å². The highest BCUT2D eigenvalue weighted by Crippen LogP contribution is 2.50. The molecule has 4 atom stereocenters. The van der Waals surface area contributed by atoms with E-state index in [9.17, 15) is 0 Å². The number of hydrogen-bond donors (Lipinski definition) is 1. The quantitative estimate of drug-likeness (QED) is 0.811. The van der Waals surface area contributed by atoms with Crippen molar-refractivity contribution in [3.05, 3.63) is 35.9 Å². The van der Waals surface area contributed by atoms with Gasteiger partial charge in [0.25, 0.3) is 0 Å². The summed E-state index contributed by atoms with van der Waals surface area (Å²) < 4.78 is 0. The lowest BCUT2D eigenvalue weighted by atomic mass is 9.83. The Morgan fingerprint density at radius 1 is 1.16 bits per heavy atom. The Morgan fingerprint density at radius 3 is 2.63 bits per heavy atom. The van der Waals surface area contributed by atoms with E-state index in [1.165, 1.54) is 44.1 Å². The van der Waals surface area contributed by atoms with Crippen LogP contribution in [0.15, 0.2) is 30.3 Å². The van der Waals surface area contributed by atoms with Crippen molar-refractivity contribution in [2.75, 3.05) is 7.05 Å². The minimum Gasteiger partial charge on any atom is -0.317 e. The van der Waals surface area contributed by atoms with Gasteiger partial charge in [0.05, 0.1) is 0 Å². The molecule has 0 radical (unpaired) electrons. The summed E-state index contributed by atoms with van der Waals surface area (Å²) >= 11 is 0. The molecule has 0 heterocycles. The van der Waals surface area contributed by atoms with Gasteiger partial charge >= 0.3 is 0 Å². The summed E-state index contributed by atoms with van der Waals surface area (Å²) in [6.07, 6.45) is 10.0. The molecular weight excluding hydrogens is 230 g/mol. The molecule has 0 aromatic heterocycles. The lowest BCUT2D eigenvalue weighted by molar-refractivity contribution is 0.277. The number of nitrogens with one attached hydrogen (secondary N) is 1. The Bertz CT molecular complexity index is 386. The van der Waals surface area contributed by atoms with Crippen LogP contribution >= 0.6 is 0 Å². The first-order chi connectivity index (χ1) is 9.35. The largest absolute Gasteiger partial charge is 0.317 e. The van der Waals surface area contributed by atoms with E-state index in [0.29, 0.717) is 6.04 Å². The molecule has 19 heavy (non-hydrogen) atoms. The molecule has 1 nitrogen and oxygen atoms in total. The number of fused-ring (bicyclic) bond motifs is 2. The zero-order valence-corrected chi connectivity index (χ0v) is 12.1. The summed E-state index contributed by atoms with van der Waals surface area (Å²) in [6, 6.07) is 11.6. The highest BCUT2D eigenvalue weighted by atomic mass is 14.9. The van der Waals surface area contributed by atoms with E-state index in [4.69, 9.17) is 0 Å². The smallest absolute Gasteiger partial charge is 0.00699 e. The van der Waals surface area contributed by atoms with Crippen molar-refractivity contribution in [2.45, 2.75) is 51.0 Å². The predicted octanol–water partition coefficient (Wildman–Crippen LogP) is 4.03. The first-order valence-electron chi connectivity index (χ1n) is 8.06. The van der Waals surface area contributed by atoms with Crippen LogP contribution in [0.2, 0.25) is 0 Å². The van der Waals surface area contributed by atoms with Gasteiger partial charge in [-0.2, -0.15) is 0 Å². The van der Waals surface area contributed by atoms with Gasteiger partial charge in [-0.15, -0.1) is 0 Å². The Labute approximate surface area is 117 Å². The van der Waals surface area contributed by atoms with Crippen molar-refractivity contribution in [1.29, 1.82) is 0 Å². The van der Waals surface area contributed by atoms with Crippen molar-refractivity contribution < 1.29 is 0 Å². The molecular formula is C18H27N. The molecule has 0 aliphatic heterocycles. The fourth-order valence-corrected chi connectivity index (χ4v) is 4.40.